The molecule has 1 aliphatic carbocycles. The Morgan fingerprint density at radius 1 is 1.08 bits per heavy atom. The molecule has 1 fully saturated rings. The molecule has 130 valence electrons. The second-order valence-corrected chi connectivity index (χ2v) is 5.94. The third-order valence-corrected chi connectivity index (χ3v) is 4.23. The number of rotatable bonds is 6. The van der Waals surface area contributed by atoms with Gasteiger partial charge >= 0.3 is 5.97 Å². The molecule has 6 heteroatoms. The summed E-state index contributed by atoms with van der Waals surface area (Å²) in [6.07, 6.45) is 2.91. The fourth-order valence-electron chi connectivity index (χ4n) is 2.72. The number of hydrogen-bond acceptors (Lipinski definition) is 3. The molecule has 0 aromatic heterocycles. The minimum atomic E-state index is -1.06. The van der Waals surface area contributed by atoms with Crippen LogP contribution < -0.4 is 9.64 Å². The van der Waals surface area contributed by atoms with Crippen LogP contribution in [0.4, 0.5) is 10.1 Å². The van der Waals surface area contributed by atoms with Crippen LogP contribution >= 0.6 is 0 Å². The number of hydrogen-bond donors (Lipinski definition) is 1. The average Bonchev–Trinajstić information content (AvgIpc) is 2.57. The van der Waals surface area contributed by atoms with E-state index in [2.05, 4.69) is 0 Å². The summed E-state index contributed by atoms with van der Waals surface area (Å²) in [5, 5.41) is 8.62. The zero-order chi connectivity index (χ0) is 17.8. The fraction of sp³-hybridized carbons (Fsp3) is 0.263. The van der Waals surface area contributed by atoms with Crippen molar-refractivity contribution in [1.29, 1.82) is 0 Å². The minimum absolute atomic E-state index is 0.112. The van der Waals surface area contributed by atoms with Crippen LogP contribution in [-0.2, 0) is 4.79 Å². The number of halogens is 1. The lowest BCUT2D eigenvalue weighted by Gasteiger charge is -2.37. The number of amides is 1. The summed E-state index contributed by atoms with van der Waals surface area (Å²) in [5.74, 6) is -1.19. The van der Waals surface area contributed by atoms with Crippen LogP contribution in [0.3, 0.4) is 0 Å². The Balaban J connectivity index is 1.80. The zero-order valence-corrected chi connectivity index (χ0v) is 13.5. The topological polar surface area (TPSA) is 66.8 Å². The van der Waals surface area contributed by atoms with Gasteiger partial charge in [0, 0.05) is 17.3 Å². The minimum Gasteiger partial charge on any atom is -0.482 e. The lowest BCUT2D eigenvalue weighted by atomic mass is 9.90. The van der Waals surface area contributed by atoms with Crippen molar-refractivity contribution in [2.45, 2.75) is 25.3 Å². The van der Waals surface area contributed by atoms with Crippen LogP contribution in [0.5, 0.6) is 5.75 Å². The first-order valence-corrected chi connectivity index (χ1v) is 8.08. The molecule has 1 saturated carbocycles. The molecule has 0 heterocycles. The van der Waals surface area contributed by atoms with Crippen LogP contribution in [0.15, 0.2) is 48.5 Å². The molecule has 1 amide bonds. The molecule has 5 nitrogen and oxygen atoms in total. The molecule has 0 radical (unpaired) electrons. The van der Waals surface area contributed by atoms with Crippen molar-refractivity contribution in [3.63, 3.8) is 0 Å². The van der Waals surface area contributed by atoms with E-state index in [1.807, 2.05) is 0 Å². The number of carboxylic acids is 1. The van der Waals surface area contributed by atoms with Crippen LogP contribution in [0.2, 0.25) is 0 Å². The lowest BCUT2D eigenvalue weighted by molar-refractivity contribution is -0.139. The molecule has 1 N–H and O–H groups in total. The van der Waals surface area contributed by atoms with Gasteiger partial charge in [0.2, 0.25) is 0 Å². The molecular formula is C19H18FNO4. The van der Waals surface area contributed by atoms with Gasteiger partial charge in [-0.05, 0) is 67.8 Å². The van der Waals surface area contributed by atoms with Gasteiger partial charge in [0.05, 0.1) is 0 Å². The van der Waals surface area contributed by atoms with Crippen molar-refractivity contribution in [2.24, 2.45) is 0 Å². The van der Waals surface area contributed by atoms with Gasteiger partial charge in [-0.25, -0.2) is 9.18 Å². The van der Waals surface area contributed by atoms with Crippen molar-refractivity contribution in [3.05, 3.63) is 59.9 Å². The third kappa shape index (κ3) is 3.96. The quantitative estimate of drug-likeness (QED) is 0.872. The maximum Gasteiger partial charge on any atom is 0.341 e. The first-order valence-electron chi connectivity index (χ1n) is 8.08. The average molecular weight is 343 g/mol. The summed E-state index contributed by atoms with van der Waals surface area (Å²) in [6, 6.07) is 12.4. The van der Waals surface area contributed by atoms with Gasteiger partial charge in [-0.2, -0.15) is 0 Å². The number of carboxylic acid groups (broad SMARTS) is 1. The van der Waals surface area contributed by atoms with Gasteiger partial charge in [0.15, 0.2) is 6.61 Å². The number of anilines is 1. The van der Waals surface area contributed by atoms with Gasteiger partial charge < -0.3 is 14.7 Å². The highest BCUT2D eigenvalue weighted by molar-refractivity contribution is 6.06. The Hall–Kier alpha value is -2.89. The molecule has 25 heavy (non-hydrogen) atoms. The van der Waals surface area contributed by atoms with Gasteiger partial charge in [0.1, 0.15) is 11.6 Å². The summed E-state index contributed by atoms with van der Waals surface area (Å²) < 4.78 is 18.3. The number of nitrogens with zero attached hydrogens (tertiary/aromatic N) is 1. The van der Waals surface area contributed by atoms with E-state index in [1.54, 1.807) is 41.3 Å². The third-order valence-electron chi connectivity index (χ3n) is 4.23. The molecule has 1 aliphatic rings. The van der Waals surface area contributed by atoms with Gasteiger partial charge in [-0.3, -0.25) is 4.79 Å². The molecule has 0 atom stereocenters. The number of carbonyl (C=O) groups is 2. The van der Waals surface area contributed by atoms with Crippen molar-refractivity contribution >= 4 is 17.6 Å². The summed E-state index contributed by atoms with van der Waals surface area (Å²) in [5.41, 5.74) is 1.14. The standard InChI is InChI=1S/C19H18FNO4/c20-14-6-8-16(9-7-14)21(15-2-1-3-15)19(24)13-4-10-17(11-5-13)25-12-18(22)23/h4-11,15H,1-3,12H2,(H,22,23). The molecule has 3 rings (SSSR count). The molecule has 0 aliphatic heterocycles. The number of carbonyl (C=O) groups excluding carboxylic acids is 1. The van der Waals surface area contributed by atoms with Crippen molar-refractivity contribution in [3.8, 4) is 5.75 Å². The molecule has 0 unspecified atom stereocenters. The smallest absolute Gasteiger partial charge is 0.341 e. The molecule has 0 spiro atoms. The van der Waals surface area contributed by atoms with Crippen molar-refractivity contribution < 1.29 is 23.8 Å². The van der Waals surface area contributed by atoms with Crippen LogP contribution in [0.25, 0.3) is 0 Å². The van der Waals surface area contributed by atoms with E-state index in [0.717, 1.165) is 19.3 Å². The van der Waals surface area contributed by atoms with Crippen LogP contribution in [-0.4, -0.2) is 29.6 Å². The molecular weight excluding hydrogens is 325 g/mol. The maximum absolute atomic E-state index is 13.2. The maximum atomic E-state index is 13.2. The Morgan fingerprint density at radius 3 is 2.24 bits per heavy atom. The number of benzene rings is 2. The first-order chi connectivity index (χ1) is 12.0. The predicted molar refractivity (Wildman–Crippen MR) is 90.4 cm³/mol. The summed E-state index contributed by atoms with van der Waals surface area (Å²) in [4.78, 5) is 25.2. The lowest BCUT2D eigenvalue weighted by Crippen LogP contribution is -2.44. The monoisotopic (exact) mass is 343 g/mol. The van der Waals surface area contributed by atoms with E-state index in [9.17, 15) is 14.0 Å². The Bertz CT molecular complexity index is 754. The van der Waals surface area contributed by atoms with E-state index < -0.39 is 12.6 Å². The Labute approximate surface area is 144 Å². The summed E-state index contributed by atoms with van der Waals surface area (Å²) >= 11 is 0. The second kappa shape index (κ2) is 7.34. The molecule has 2 aromatic rings. The van der Waals surface area contributed by atoms with E-state index >= 15 is 0 Å². The van der Waals surface area contributed by atoms with Crippen molar-refractivity contribution in [1.82, 2.24) is 0 Å². The van der Waals surface area contributed by atoms with E-state index in [1.165, 1.54) is 12.1 Å². The van der Waals surface area contributed by atoms with Gasteiger partial charge in [-0.15, -0.1) is 0 Å². The highest BCUT2D eigenvalue weighted by atomic mass is 19.1. The van der Waals surface area contributed by atoms with Gasteiger partial charge in [-0.1, -0.05) is 0 Å². The SMILES string of the molecule is O=C(O)COc1ccc(C(=O)N(c2ccc(F)cc2)C2CCC2)cc1. The Kier molecular flexibility index (Phi) is 4.97. The molecule has 0 saturated heterocycles. The normalized spacial score (nSPS) is 13.8. The highest BCUT2D eigenvalue weighted by Gasteiger charge is 2.30. The van der Waals surface area contributed by atoms with Crippen molar-refractivity contribution in [2.75, 3.05) is 11.5 Å². The predicted octanol–water partition coefficient (Wildman–Crippen LogP) is 3.49. The van der Waals surface area contributed by atoms with Gasteiger partial charge in [0.25, 0.3) is 5.91 Å². The fourth-order valence-corrected chi connectivity index (χ4v) is 2.72. The largest absolute Gasteiger partial charge is 0.482 e. The summed E-state index contributed by atoms with van der Waals surface area (Å²) in [7, 11) is 0. The highest BCUT2D eigenvalue weighted by Crippen LogP contribution is 2.31. The van der Waals surface area contributed by atoms with E-state index in [-0.39, 0.29) is 17.8 Å². The molecule has 2 aromatic carbocycles. The Morgan fingerprint density at radius 2 is 1.72 bits per heavy atom. The van der Waals surface area contributed by atoms with Crippen LogP contribution in [0.1, 0.15) is 29.6 Å². The van der Waals surface area contributed by atoms with Crippen LogP contribution in [0, 0.1) is 5.82 Å². The zero-order valence-electron chi connectivity index (χ0n) is 13.5. The summed E-state index contributed by atoms with van der Waals surface area (Å²) in [6.45, 7) is -0.433. The first kappa shape index (κ1) is 17.0. The number of ether oxygens (including phenoxy) is 1. The van der Waals surface area contributed by atoms with E-state index in [0.29, 0.717) is 17.0 Å². The van der Waals surface area contributed by atoms with E-state index in [4.69, 9.17) is 9.84 Å². The molecule has 0 bridgehead atoms. The second-order valence-electron chi connectivity index (χ2n) is 5.94. The number of aliphatic carboxylic acids is 1.